The molecule has 4 heteroatoms. The maximum absolute atomic E-state index is 8.87. The van der Waals surface area contributed by atoms with E-state index in [1.165, 1.54) is 0 Å². The van der Waals surface area contributed by atoms with Crippen molar-refractivity contribution in [3.05, 3.63) is 39.8 Å². The molecule has 0 aliphatic rings. The van der Waals surface area contributed by atoms with Crippen LogP contribution in [0, 0.1) is 0 Å². The molecule has 1 aromatic heterocycles. The van der Waals surface area contributed by atoms with Gasteiger partial charge in [0.05, 0.1) is 9.48 Å². The van der Waals surface area contributed by atoms with Gasteiger partial charge in [-0.25, -0.2) is 4.98 Å². The van der Waals surface area contributed by atoms with Crippen LogP contribution in [0.2, 0.25) is 0 Å². The lowest BCUT2D eigenvalue weighted by atomic mass is 10.2. The molecule has 1 heterocycles. The monoisotopic (exact) mass is 283 g/mol. The molecular formula is C11H10BrNOS. The first-order chi connectivity index (χ1) is 7.31. The van der Waals surface area contributed by atoms with Gasteiger partial charge in [0, 0.05) is 18.6 Å². The average Bonchev–Trinajstić information content (AvgIpc) is 2.63. The third-order valence-corrected chi connectivity index (χ3v) is 3.90. The van der Waals surface area contributed by atoms with E-state index in [4.69, 9.17) is 5.11 Å². The molecule has 0 saturated carbocycles. The molecule has 0 unspecified atom stereocenters. The van der Waals surface area contributed by atoms with Crippen molar-refractivity contribution in [2.45, 2.75) is 6.42 Å². The Kier molecular flexibility index (Phi) is 3.51. The Morgan fingerprint density at radius 1 is 1.27 bits per heavy atom. The molecule has 15 heavy (non-hydrogen) atoms. The van der Waals surface area contributed by atoms with E-state index in [0.717, 1.165) is 20.1 Å². The molecule has 78 valence electrons. The molecule has 0 spiro atoms. The van der Waals surface area contributed by atoms with Crippen LogP contribution in [0.4, 0.5) is 0 Å². The Balaban J connectivity index is 2.34. The Bertz CT molecular complexity index is 441. The van der Waals surface area contributed by atoms with Crippen molar-refractivity contribution in [3.63, 3.8) is 0 Å². The second kappa shape index (κ2) is 4.88. The minimum atomic E-state index is 0.135. The molecule has 0 saturated heterocycles. The van der Waals surface area contributed by atoms with E-state index in [9.17, 15) is 0 Å². The van der Waals surface area contributed by atoms with Crippen LogP contribution in [0.5, 0.6) is 0 Å². The average molecular weight is 284 g/mol. The molecule has 2 nitrogen and oxygen atoms in total. The lowest BCUT2D eigenvalue weighted by molar-refractivity contribution is 0.298. The smallest absolute Gasteiger partial charge is 0.124 e. The van der Waals surface area contributed by atoms with Gasteiger partial charge in [0.15, 0.2) is 0 Å². The van der Waals surface area contributed by atoms with Crippen LogP contribution in [0.1, 0.15) is 5.69 Å². The SMILES string of the molecule is OCCc1nc(-c2ccccc2)sc1Br. The lowest BCUT2D eigenvalue weighted by Crippen LogP contribution is -1.91. The van der Waals surface area contributed by atoms with Crippen LogP contribution in [-0.4, -0.2) is 16.7 Å². The van der Waals surface area contributed by atoms with Crippen molar-refractivity contribution in [1.29, 1.82) is 0 Å². The summed E-state index contributed by atoms with van der Waals surface area (Å²) in [5.74, 6) is 0. The van der Waals surface area contributed by atoms with E-state index in [0.29, 0.717) is 6.42 Å². The molecule has 1 N–H and O–H groups in total. The minimum absolute atomic E-state index is 0.135. The summed E-state index contributed by atoms with van der Waals surface area (Å²) in [4.78, 5) is 4.48. The van der Waals surface area contributed by atoms with Crippen molar-refractivity contribution >= 4 is 27.3 Å². The van der Waals surface area contributed by atoms with Crippen LogP contribution in [0.25, 0.3) is 10.6 Å². The Hall–Kier alpha value is -0.710. The number of halogens is 1. The molecular weight excluding hydrogens is 274 g/mol. The van der Waals surface area contributed by atoms with Crippen LogP contribution in [0.15, 0.2) is 34.1 Å². The highest BCUT2D eigenvalue weighted by atomic mass is 79.9. The molecule has 2 aromatic rings. The zero-order valence-electron chi connectivity index (χ0n) is 7.98. The van der Waals surface area contributed by atoms with Gasteiger partial charge in [-0.1, -0.05) is 30.3 Å². The van der Waals surface area contributed by atoms with Crippen molar-refractivity contribution in [3.8, 4) is 10.6 Å². The van der Waals surface area contributed by atoms with Gasteiger partial charge < -0.3 is 5.11 Å². The molecule has 0 fully saturated rings. The predicted octanol–water partition coefficient (Wildman–Crippen LogP) is 3.11. The van der Waals surface area contributed by atoms with E-state index in [1.807, 2.05) is 30.3 Å². The minimum Gasteiger partial charge on any atom is -0.396 e. The lowest BCUT2D eigenvalue weighted by Gasteiger charge is -1.93. The van der Waals surface area contributed by atoms with E-state index >= 15 is 0 Å². The fraction of sp³-hybridized carbons (Fsp3) is 0.182. The number of hydrogen-bond acceptors (Lipinski definition) is 3. The highest BCUT2D eigenvalue weighted by Gasteiger charge is 2.09. The van der Waals surface area contributed by atoms with Gasteiger partial charge in [-0.15, -0.1) is 11.3 Å². The first-order valence-corrected chi connectivity index (χ1v) is 6.23. The summed E-state index contributed by atoms with van der Waals surface area (Å²) < 4.78 is 1.01. The molecule has 0 amide bonds. The highest BCUT2D eigenvalue weighted by molar-refractivity contribution is 9.11. The number of benzene rings is 1. The van der Waals surface area contributed by atoms with Gasteiger partial charge in [0.25, 0.3) is 0 Å². The number of aliphatic hydroxyl groups excluding tert-OH is 1. The summed E-state index contributed by atoms with van der Waals surface area (Å²) in [6.45, 7) is 0.135. The Morgan fingerprint density at radius 2 is 2.00 bits per heavy atom. The highest BCUT2D eigenvalue weighted by Crippen LogP contribution is 2.31. The molecule has 0 atom stereocenters. The van der Waals surface area contributed by atoms with Gasteiger partial charge in [0.2, 0.25) is 0 Å². The third-order valence-electron chi connectivity index (χ3n) is 2.02. The summed E-state index contributed by atoms with van der Waals surface area (Å²) >= 11 is 5.06. The van der Waals surface area contributed by atoms with Gasteiger partial charge in [0.1, 0.15) is 5.01 Å². The second-order valence-electron chi connectivity index (χ2n) is 3.08. The fourth-order valence-corrected chi connectivity index (χ4v) is 2.89. The summed E-state index contributed by atoms with van der Waals surface area (Å²) in [5.41, 5.74) is 2.05. The quantitative estimate of drug-likeness (QED) is 0.939. The summed E-state index contributed by atoms with van der Waals surface area (Å²) in [7, 11) is 0. The first-order valence-electron chi connectivity index (χ1n) is 4.62. The number of aromatic nitrogens is 1. The zero-order valence-corrected chi connectivity index (χ0v) is 10.4. The van der Waals surface area contributed by atoms with Crippen LogP contribution in [-0.2, 0) is 6.42 Å². The maximum atomic E-state index is 8.87. The maximum Gasteiger partial charge on any atom is 0.124 e. The van der Waals surface area contributed by atoms with Gasteiger partial charge in [-0.3, -0.25) is 0 Å². The molecule has 1 aromatic carbocycles. The first kappa shape index (κ1) is 10.8. The topological polar surface area (TPSA) is 33.1 Å². The second-order valence-corrected chi connectivity index (χ2v) is 5.40. The van der Waals surface area contributed by atoms with Crippen molar-refractivity contribution < 1.29 is 5.11 Å². The molecule has 2 rings (SSSR count). The van der Waals surface area contributed by atoms with Crippen LogP contribution >= 0.6 is 27.3 Å². The summed E-state index contributed by atoms with van der Waals surface area (Å²) in [6.07, 6.45) is 0.601. The van der Waals surface area contributed by atoms with E-state index in [2.05, 4.69) is 20.9 Å². The Morgan fingerprint density at radius 3 is 2.67 bits per heavy atom. The van der Waals surface area contributed by atoms with Crippen molar-refractivity contribution in [2.24, 2.45) is 0 Å². The molecule has 0 aliphatic heterocycles. The van der Waals surface area contributed by atoms with E-state index in [1.54, 1.807) is 11.3 Å². The Labute approximate surface area is 101 Å². The third kappa shape index (κ3) is 2.45. The molecule has 0 aliphatic carbocycles. The number of nitrogens with zero attached hydrogens (tertiary/aromatic N) is 1. The standard InChI is InChI=1S/C11H10BrNOS/c12-10-9(6-7-14)13-11(15-10)8-4-2-1-3-5-8/h1-5,14H,6-7H2. The van der Waals surface area contributed by atoms with E-state index < -0.39 is 0 Å². The van der Waals surface area contributed by atoms with Crippen LogP contribution in [0.3, 0.4) is 0 Å². The fourth-order valence-electron chi connectivity index (χ4n) is 1.30. The number of thiazole rings is 1. The zero-order chi connectivity index (χ0) is 10.7. The van der Waals surface area contributed by atoms with Gasteiger partial charge in [-0.05, 0) is 15.9 Å². The number of aliphatic hydroxyl groups is 1. The summed E-state index contributed by atoms with van der Waals surface area (Å²) in [6, 6.07) is 10.1. The van der Waals surface area contributed by atoms with Crippen molar-refractivity contribution in [2.75, 3.05) is 6.61 Å². The van der Waals surface area contributed by atoms with Gasteiger partial charge in [-0.2, -0.15) is 0 Å². The van der Waals surface area contributed by atoms with Crippen molar-refractivity contribution in [1.82, 2.24) is 4.98 Å². The largest absolute Gasteiger partial charge is 0.396 e. The van der Waals surface area contributed by atoms with Crippen LogP contribution < -0.4 is 0 Å². The van der Waals surface area contributed by atoms with E-state index in [-0.39, 0.29) is 6.61 Å². The van der Waals surface area contributed by atoms with Gasteiger partial charge >= 0.3 is 0 Å². The number of rotatable bonds is 3. The predicted molar refractivity (Wildman–Crippen MR) is 66.0 cm³/mol. The normalized spacial score (nSPS) is 10.5. The number of hydrogen-bond donors (Lipinski definition) is 1. The molecule has 0 bridgehead atoms. The summed E-state index contributed by atoms with van der Waals surface area (Å²) in [5, 5.41) is 9.86. The molecule has 0 radical (unpaired) electrons.